The average Bonchev–Trinajstić information content (AvgIpc) is 2.93. The van der Waals surface area contributed by atoms with E-state index < -0.39 is 0 Å². The van der Waals surface area contributed by atoms with Gasteiger partial charge in [-0.3, -0.25) is 0 Å². The van der Waals surface area contributed by atoms with E-state index in [2.05, 4.69) is 62.4 Å². The standard InChI is InChI=1S/C20H18O/c1-3-13-9-10-18-17(11-13)19-14(4-2)12-15-7-5-6-8-16(15)20(19)21-18/h5-12H,3-4H2,1-2H3. The summed E-state index contributed by atoms with van der Waals surface area (Å²) < 4.78 is 6.21. The fourth-order valence-electron chi connectivity index (χ4n) is 3.24. The highest BCUT2D eigenvalue weighted by molar-refractivity contribution is 6.16. The molecule has 1 aromatic heterocycles. The van der Waals surface area contributed by atoms with E-state index in [0.717, 1.165) is 24.0 Å². The third-order valence-corrected chi connectivity index (χ3v) is 4.40. The molecule has 0 N–H and O–H groups in total. The minimum atomic E-state index is 0.994. The highest BCUT2D eigenvalue weighted by atomic mass is 16.3. The van der Waals surface area contributed by atoms with Gasteiger partial charge in [-0.05, 0) is 41.5 Å². The number of hydrogen-bond acceptors (Lipinski definition) is 1. The second-order valence-corrected chi connectivity index (χ2v) is 5.60. The summed E-state index contributed by atoms with van der Waals surface area (Å²) in [7, 11) is 0. The van der Waals surface area contributed by atoms with Gasteiger partial charge in [0.05, 0.1) is 0 Å². The van der Waals surface area contributed by atoms with Gasteiger partial charge in [0.15, 0.2) is 0 Å². The van der Waals surface area contributed by atoms with Crippen molar-refractivity contribution < 1.29 is 4.42 Å². The normalized spacial score (nSPS) is 11.7. The van der Waals surface area contributed by atoms with Gasteiger partial charge in [0.2, 0.25) is 0 Å². The molecular formula is C20H18O. The number of fused-ring (bicyclic) bond motifs is 5. The molecule has 3 aromatic carbocycles. The molecule has 0 radical (unpaired) electrons. The van der Waals surface area contributed by atoms with Crippen molar-refractivity contribution in [1.29, 1.82) is 0 Å². The zero-order valence-electron chi connectivity index (χ0n) is 12.4. The number of furan rings is 1. The molecule has 104 valence electrons. The molecule has 1 nitrogen and oxygen atoms in total. The van der Waals surface area contributed by atoms with Gasteiger partial charge in [-0.15, -0.1) is 0 Å². The fourth-order valence-corrected chi connectivity index (χ4v) is 3.24. The third kappa shape index (κ3) is 1.77. The van der Waals surface area contributed by atoms with Crippen LogP contribution in [-0.4, -0.2) is 0 Å². The van der Waals surface area contributed by atoms with Crippen molar-refractivity contribution in [2.24, 2.45) is 0 Å². The van der Waals surface area contributed by atoms with Crippen LogP contribution in [0.4, 0.5) is 0 Å². The summed E-state index contributed by atoms with van der Waals surface area (Å²) in [4.78, 5) is 0. The molecule has 0 spiro atoms. The first-order valence-corrected chi connectivity index (χ1v) is 7.67. The van der Waals surface area contributed by atoms with Crippen LogP contribution in [0.1, 0.15) is 25.0 Å². The van der Waals surface area contributed by atoms with E-state index in [1.807, 2.05) is 0 Å². The second kappa shape index (κ2) is 4.63. The summed E-state index contributed by atoms with van der Waals surface area (Å²) in [5, 5.41) is 5.02. The Hall–Kier alpha value is -2.28. The van der Waals surface area contributed by atoms with Crippen LogP contribution >= 0.6 is 0 Å². The van der Waals surface area contributed by atoms with Crippen LogP contribution in [0.15, 0.2) is 52.9 Å². The Morgan fingerprint density at radius 3 is 2.52 bits per heavy atom. The first-order chi connectivity index (χ1) is 10.3. The largest absolute Gasteiger partial charge is 0.455 e. The summed E-state index contributed by atoms with van der Waals surface area (Å²) >= 11 is 0. The molecule has 0 fully saturated rings. The molecule has 21 heavy (non-hydrogen) atoms. The van der Waals surface area contributed by atoms with Gasteiger partial charge < -0.3 is 4.42 Å². The summed E-state index contributed by atoms with van der Waals surface area (Å²) in [6.07, 6.45) is 2.07. The van der Waals surface area contributed by atoms with Crippen molar-refractivity contribution in [3.63, 3.8) is 0 Å². The summed E-state index contributed by atoms with van der Waals surface area (Å²) in [5.74, 6) is 0. The average molecular weight is 274 g/mol. The molecule has 0 aliphatic rings. The predicted octanol–water partition coefficient (Wildman–Crippen LogP) is 5.86. The number of rotatable bonds is 2. The maximum Gasteiger partial charge on any atom is 0.143 e. The molecule has 1 heterocycles. The number of aryl methyl sites for hydroxylation is 2. The van der Waals surface area contributed by atoms with E-state index >= 15 is 0 Å². The van der Waals surface area contributed by atoms with Crippen molar-refractivity contribution in [3.05, 3.63) is 59.7 Å². The SMILES string of the molecule is CCc1ccc2oc3c4ccccc4cc(CC)c3c2c1. The first-order valence-electron chi connectivity index (χ1n) is 7.67. The zero-order valence-corrected chi connectivity index (χ0v) is 12.4. The van der Waals surface area contributed by atoms with Crippen LogP contribution in [0.5, 0.6) is 0 Å². The molecule has 1 heteroatoms. The highest BCUT2D eigenvalue weighted by Gasteiger charge is 2.14. The monoisotopic (exact) mass is 274 g/mol. The summed E-state index contributed by atoms with van der Waals surface area (Å²) in [6, 6.07) is 17.4. The lowest BCUT2D eigenvalue weighted by molar-refractivity contribution is 0.672. The topological polar surface area (TPSA) is 13.1 Å². The van der Waals surface area contributed by atoms with E-state index in [1.165, 1.54) is 32.7 Å². The first kappa shape index (κ1) is 12.5. The molecular weight excluding hydrogens is 256 g/mol. The molecule has 0 saturated carbocycles. The Bertz CT molecular complexity index is 960. The van der Waals surface area contributed by atoms with Gasteiger partial charge in [-0.25, -0.2) is 0 Å². The summed E-state index contributed by atoms with van der Waals surface area (Å²) in [6.45, 7) is 4.41. The van der Waals surface area contributed by atoms with E-state index in [4.69, 9.17) is 4.42 Å². The minimum absolute atomic E-state index is 0.994. The van der Waals surface area contributed by atoms with Gasteiger partial charge in [-0.2, -0.15) is 0 Å². The van der Waals surface area contributed by atoms with Crippen LogP contribution in [0.25, 0.3) is 32.7 Å². The van der Waals surface area contributed by atoms with Crippen LogP contribution in [0.2, 0.25) is 0 Å². The van der Waals surface area contributed by atoms with E-state index in [0.29, 0.717) is 0 Å². The maximum atomic E-state index is 6.21. The Labute approximate surface area is 124 Å². The maximum absolute atomic E-state index is 6.21. The van der Waals surface area contributed by atoms with E-state index in [-0.39, 0.29) is 0 Å². The van der Waals surface area contributed by atoms with Crippen molar-refractivity contribution >= 4 is 32.7 Å². The molecule has 0 aliphatic heterocycles. The van der Waals surface area contributed by atoms with E-state index in [9.17, 15) is 0 Å². The molecule has 0 bridgehead atoms. The van der Waals surface area contributed by atoms with E-state index in [1.54, 1.807) is 0 Å². The lowest BCUT2D eigenvalue weighted by Gasteiger charge is -2.04. The van der Waals surface area contributed by atoms with Crippen molar-refractivity contribution in [3.8, 4) is 0 Å². The molecule has 0 saturated heterocycles. The second-order valence-electron chi connectivity index (χ2n) is 5.60. The van der Waals surface area contributed by atoms with Crippen molar-refractivity contribution in [2.45, 2.75) is 26.7 Å². The van der Waals surface area contributed by atoms with Crippen molar-refractivity contribution in [1.82, 2.24) is 0 Å². The van der Waals surface area contributed by atoms with Gasteiger partial charge in [0.1, 0.15) is 11.2 Å². The number of hydrogen-bond donors (Lipinski definition) is 0. The van der Waals surface area contributed by atoms with Crippen LogP contribution in [-0.2, 0) is 12.8 Å². The molecule has 4 aromatic rings. The molecule has 0 amide bonds. The highest BCUT2D eigenvalue weighted by Crippen LogP contribution is 2.37. The Kier molecular flexibility index (Phi) is 2.75. The Morgan fingerprint density at radius 2 is 1.71 bits per heavy atom. The number of benzene rings is 3. The van der Waals surface area contributed by atoms with Gasteiger partial charge in [0, 0.05) is 16.2 Å². The van der Waals surface area contributed by atoms with Gasteiger partial charge >= 0.3 is 0 Å². The molecule has 0 unspecified atom stereocenters. The summed E-state index contributed by atoms with van der Waals surface area (Å²) in [5.41, 5.74) is 4.76. The van der Waals surface area contributed by atoms with Gasteiger partial charge in [0.25, 0.3) is 0 Å². The van der Waals surface area contributed by atoms with Crippen LogP contribution in [0, 0.1) is 0 Å². The lowest BCUT2D eigenvalue weighted by atomic mass is 9.98. The Morgan fingerprint density at radius 1 is 0.857 bits per heavy atom. The van der Waals surface area contributed by atoms with Crippen LogP contribution in [0.3, 0.4) is 0 Å². The van der Waals surface area contributed by atoms with Crippen LogP contribution < -0.4 is 0 Å². The molecule has 0 aliphatic carbocycles. The third-order valence-electron chi connectivity index (χ3n) is 4.40. The quantitative estimate of drug-likeness (QED) is 0.446. The lowest BCUT2D eigenvalue weighted by Crippen LogP contribution is -1.84. The predicted molar refractivity (Wildman–Crippen MR) is 90.0 cm³/mol. The van der Waals surface area contributed by atoms with Gasteiger partial charge in [-0.1, -0.05) is 50.2 Å². The fraction of sp³-hybridized carbons (Fsp3) is 0.200. The smallest absolute Gasteiger partial charge is 0.143 e. The van der Waals surface area contributed by atoms with Crippen molar-refractivity contribution in [2.75, 3.05) is 0 Å². The molecule has 0 atom stereocenters. The molecule has 4 rings (SSSR count). The Balaban J connectivity index is 2.25. The minimum Gasteiger partial charge on any atom is -0.455 e. The zero-order chi connectivity index (χ0) is 14.4.